The molecule has 0 spiro atoms. The van der Waals surface area contributed by atoms with E-state index in [0.717, 1.165) is 18.4 Å². The van der Waals surface area contributed by atoms with Crippen LogP contribution in [-0.2, 0) is 22.4 Å². The minimum Gasteiger partial charge on any atom is -0.508 e. The lowest BCUT2D eigenvalue weighted by Gasteiger charge is -2.17. The van der Waals surface area contributed by atoms with E-state index in [9.17, 15) is 24.3 Å². The number of unbranched alkanes of at least 4 members (excludes halogenated alkanes) is 4. The highest BCUT2D eigenvalue weighted by Crippen LogP contribution is 2.19. The fourth-order valence-corrected chi connectivity index (χ4v) is 4.98. The van der Waals surface area contributed by atoms with Crippen LogP contribution in [0.2, 0.25) is 0 Å². The number of phenolic OH excluding ortho intramolecular Hbond substituents is 1. The Labute approximate surface area is 281 Å². The van der Waals surface area contributed by atoms with Crippen LogP contribution in [0, 0.1) is 0 Å². The van der Waals surface area contributed by atoms with Crippen molar-refractivity contribution in [1.29, 1.82) is 0 Å². The summed E-state index contributed by atoms with van der Waals surface area (Å²) in [6.07, 6.45) is 6.13. The zero-order chi connectivity index (χ0) is 34.3. The number of ketones is 1. The minimum atomic E-state index is -0.773. The predicted octanol–water partition coefficient (Wildman–Crippen LogP) is 7.07. The predicted molar refractivity (Wildman–Crippen MR) is 185 cm³/mol. The lowest BCUT2D eigenvalue weighted by Crippen LogP contribution is -2.41. The second kappa shape index (κ2) is 18.0. The molecule has 0 fully saturated rings. The number of carbonyl (C=O) groups is 4. The van der Waals surface area contributed by atoms with E-state index in [4.69, 9.17) is 9.47 Å². The first kappa shape index (κ1) is 35.4. The third-order valence-corrected chi connectivity index (χ3v) is 7.68. The Morgan fingerprint density at radius 3 is 2.08 bits per heavy atom. The average Bonchev–Trinajstić information content (AvgIpc) is 3.07. The van der Waals surface area contributed by atoms with Gasteiger partial charge in [0.15, 0.2) is 5.78 Å². The van der Waals surface area contributed by atoms with Crippen LogP contribution in [0.4, 0.5) is 5.69 Å². The molecule has 4 aromatic carbocycles. The fraction of sp³-hybridized carbons (Fsp3) is 0.282. The highest BCUT2D eigenvalue weighted by Gasteiger charge is 2.19. The van der Waals surface area contributed by atoms with E-state index in [-0.39, 0.29) is 30.3 Å². The van der Waals surface area contributed by atoms with E-state index in [2.05, 4.69) is 17.6 Å². The van der Waals surface area contributed by atoms with E-state index in [1.165, 1.54) is 38.3 Å². The summed E-state index contributed by atoms with van der Waals surface area (Å²) in [7, 11) is 0. The van der Waals surface area contributed by atoms with Gasteiger partial charge in [0.1, 0.15) is 17.2 Å². The molecule has 0 radical (unpaired) electrons. The highest BCUT2D eigenvalue weighted by molar-refractivity contribution is 5.98. The Kier molecular flexibility index (Phi) is 13.3. The summed E-state index contributed by atoms with van der Waals surface area (Å²) in [5.41, 5.74) is 2.69. The van der Waals surface area contributed by atoms with Gasteiger partial charge >= 0.3 is 5.97 Å². The Bertz CT molecular complexity index is 1670. The second-order valence-corrected chi connectivity index (χ2v) is 11.6. The van der Waals surface area contributed by atoms with Gasteiger partial charge in [-0.3, -0.25) is 14.4 Å². The SMILES string of the molecule is CCCCCCCOc1ccc(C(=O)Oc2ccc(C[C@H](NC(=O)c3ccc(NC(=O)Cc4cccc(O)c4)cc3)C(C)=O)cc2)cc1. The number of ether oxygens (including phenoxy) is 2. The van der Waals surface area contributed by atoms with Crippen molar-refractivity contribution in [2.24, 2.45) is 0 Å². The monoisotopic (exact) mass is 650 g/mol. The summed E-state index contributed by atoms with van der Waals surface area (Å²) >= 11 is 0. The van der Waals surface area contributed by atoms with Crippen LogP contribution in [0.1, 0.15) is 77.8 Å². The maximum atomic E-state index is 12.9. The van der Waals surface area contributed by atoms with Crippen molar-refractivity contribution in [3.63, 3.8) is 0 Å². The largest absolute Gasteiger partial charge is 0.508 e. The first-order valence-corrected chi connectivity index (χ1v) is 16.2. The van der Waals surface area contributed by atoms with Crippen molar-refractivity contribution in [3.05, 3.63) is 119 Å². The number of phenols is 1. The van der Waals surface area contributed by atoms with Gasteiger partial charge in [0.05, 0.1) is 24.6 Å². The van der Waals surface area contributed by atoms with E-state index in [1.807, 2.05) is 0 Å². The average molecular weight is 651 g/mol. The van der Waals surface area contributed by atoms with Gasteiger partial charge in [-0.1, -0.05) is 56.9 Å². The molecule has 4 aromatic rings. The molecule has 0 bridgehead atoms. The van der Waals surface area contributed by atoms with E-state index in [1.54, 1.807) is 84.9 Å². The Morgan fingerprint density at radius 1 is 0.750 bits per heavy atom. The van der Waals surface area contributed by atoms with Gasteiger partial charge in [0.25, 0.3) is 5.91 Å². The van der Waals surface area contributed by atoms with Gasteiger partial charge in [-0.25, -0.2) is 4.79 Å². The fourth-order valence-electron chi connectivity index (χ4n) is 4.98. The first-order valence-electron chi connectivity index (χ1n) is 16.2. The lowest BCUT2D eigenvalue weighted by atomic mass is 10.0. The zero-order valence-corrected chi connectivity index (χ0v) is 27.4. The lowest BCUT2D eigenvalue weighted by molar-refractivity contribution is -0.119. The number of hydrogen-bond acceptors (Lipinski definition) is 7. The van der Waals surface area contributed by atoms with E-state index >= 15 is 0 Å². The number of esters is 1. The molecule has 4 rings (SSSR count). The van der Waals surface area contributed by atoms with Gasteiger partial charge in [-0.2, -0.15) is 0 Å². The van der Waals surface area contributed by atoms with Gasteiger partial charge in [0, 0.05) is 11.3 Å². The number of hydrogen-bond donors (Lipinski definition) is 3. The van der Waals surface area contributed by atoms with Crippen LogP contribution < -0.4 is 20.1 Å². The molecule has 0 heterocycles. The molecule has 1 atom stereocenters. The van der Waals surface area contributed by atoms with Crippen molar-refractivity contribution in [2.75, 3.05) is 11.9 Å². The molecule has 48 heavy (non-hydrogen) atoms. The van der Waals surface area contributed by atoms with Crippen molar-refractivity contribution in [3.8, 4) is 17.2 Å². The Hall–Kier alpha value is -5.44. The van der Waals surface area contributed by atoms with E-state index < -0.39 is 17.9 Å². The minimum absolute atomic E-state index is 0.0867. The van der Waals surface area contributed by atoms with Gasteiger partial charge < -0.3 is 25.2 Å². The molecule has 9 nitrogen and oxygen atoms in total. The molecule has 9 heteroatoms. The molecule has 250 valence electrons. The highest BCUT2D eigenvalue weighted by atomic mass is 16.5. The normalized spacial score (nSPS) is 11.3. The number of amides is 2. The standard InChI is InChI=1S/C39H42N2O7/c1-3-4-5-6-7-23-47-34-21-15-31(16-22-34)39(46)48-35-19-11-28(12-20-35)25-36(27(2)42)41-38(45)30-13-17-32(18-14-30)40-37(44)26-29-9-8-10-33(43)24-29/h8-22,24,36,43H,3-7,23,25-26H2,1-2H3,(H,40,44)(H,41,45)/t36-/m0/s1. The summed E-state index contributed by atoms with van der Waals surface area (Å²) in [6, 6.07) is 25.7. The number of benzene rings is 4. The maximum absolute atomic E-state index is 12.9. The van der Waals surface area contributed by atoms with Crippen LogP contribution in [-0.4, -0.2) is 41.3 Å². The quantitative estimate of drug-likeness (QED) is 0.0633. The third-order valence-electron chi connectivity index (χ3n) is 7.68. The number of Topliss-reactive ketones (excluding diaryl/α,β-unsaturated/α-hetero) is 1. The third kappa shape index (κ3) is 11.4. The van der Waals surface area contributed by atoms with E-state index in [0.29, 0.717) is 40.5 Å². The molecule has 0 aromatic heterocycles. The molecule has 3 N–H and O–H groups in total. The zero-order valence-electron chi connectivity index (χ0n) is 27.4. The van der Waals surface area contributed by atoms with Crippen molar-refractivity contribution in [1.82, 2.24) is 5.32 Å². The number of anilines is 1. The molecule has 0 saturated carbocycles. The number of rotatable bonds is 17. The smallest absolute Gasteiger partial charge is 0.343 e. The van der Waals surface area contributed by atoms with Crippen molar-refractivity contribution in [2.45, 2.75) is 64.8 Å². The van der Waals surface area contributed by atoms with Crippen molar-refractivity contribution < 1.29 is 33.8 Å². The Morgan fingerprint density at radius 2 is 1.42 bits per heavy atom. The van der Waals surface area contributed by atoms with Crippen LogP contribution in [0.3, 0.4) is 0 Å². The number of nitrogens with one attached hydrogen (secondary N) is 2. The summed E-state index contributed by atoms with van der Waals surface area (Å²) in [6.45, 7) is 4.24. The van der Waals surface area contributed by atoms with Crippen LogP contribution >= 0.6 is 0 Å². The summed E-state index contributed by atoms with van der Waals surface area (Å²) in [5.74, 6) is -0.247. The number of aromatic hydroxyl groups is 1. The summed E-state index contributed by atoms with van der Waals surface area (Å²) in [5, 5.41) is 15.1. The van der Waals surface area contributed by atoms with Crippen LogP contribution in [0.25, 0.3) is 0 Å². The second-order valence-electron chi connectivity index (χ2n) is 11.6. The molecular formula is C39H42N2O7. The van der Waals surface area contributed by atoms with Crippen LogP contribution in [0.5, 0.6) is 17.2 Å². The molecular weight excluding hydrogens is 608 g/mol. The molecule has 0 aliphatic rings. The van der Waals surface area contributed by atoms with Crippen LogP contribution in [0.15, 0.2) is 97.1 Å². The van der Waals surface area contributed by atoms with Gasteiger partial charge in [-0.05, 0) is 104 Å². The molecule has 2 amide bonds. The topological polar surface area (TPSA) is 131 Å². The molecule has 0 unspecified atom stereocenters. The van der Waals surface area contributed by atoms with Crippen molar-refractivity contribution >= 4 is 29.3 Å². The summed E-state index contributed by atoms with van der Waals surface area (Å²) in [4.78, 5) is 50.4. The molecule has 0 aliphatic carbocycles. The first-order chi connectivity index (χ1) is 23.2. The summed E-state index contributed by atoms with van der Waals surface area (Å²) < 4.78 is 11.3. The molecule has 0 saturated heterocycles. The Balaban J connectivity index is 1.24. The van der Waals surface area contributed by atoms with Gasteiger partial charge in [0.2, 0.25) is 5.91 Å². The molecule has 0 aliphatic heterocycles. The number of carbonyl (C=O) groups excluding carboxylic acids is 4. The maximum Gasteiger partial charge on any atom is 0.343 e. The van der Waals surface area contributed by atoms with Gasteiger partial charge in [-0.15, -0.1) is 0 Å².